The van der Waals surface area contributed by atoms with Crippen molar-refractivity contribution < 1.29 is 0 Å². The highest BCUT2D eigenvalue weighted by molar-refractivity contribution is 6.14. The number of hydrogen-bond donors (Lipinski definition) is 0. The summed E-state index contributed by atoms with van der Waals surface area (Å²) in [6, 6.07) is 53.8. The number of pyridine rings is 1. The van der Waals surface area contributed by atoms with Gasteiger partial charge in [-0.3, -0.25) is 0 Å². The molecule has 0 unspecified atom stereocenters. The predicted molar refractivity (Wildman–Crippen MR) is 191 cm³/mol. The first-order chi connectivity index (χ1) is 22.6. The first-order valence-corrected chi connectivity index (χ1v) is 15.6. The molecule has 8 rings (SSSR count). The molecule has 0 aliphatic carbocycles. The summed E-state index contributed by atoms with van der Waals surface area (Å²) in [5, 5.41) is 4.93. The minimum Gasteiger partial charge on any atom is -0.248 e. The fraction of sp³-hybridized carbons (Fsp3) is 0.0465. The number of fused-ring (bicyclic) bond motifs is 3. The second kappa shape index (κ2) is 11.5. The summed E-state index contributed by atoms with van der Waals surface area (Å²) < 4.78 is 0. The highest BCUT2D eigenvalue weighted by Gasteiger charge is 2.15. The molecule has 0 aliphatic heterocycles. The van der Waals surface area contributed by atoms with E-state index in [-0.39, 0.29) is 0 Å². The van der Waals surface area contributed by atoms with Gasteiger partial charge in [0.2, 0.25) is 0 Å². The quantitative estimate of drug-likeness (QED) is 0.187. The van der Waals surface area contributed by atoms with Gasteiger partial charge in [-0.25, -0.2) is 15.0 Å². The number of hydrogen-bond acceptors (Lipinski definition) is 3. The first kappa shape index (κ1) is 27.6. The summed E-state index contributed by atoms with van der Waals surface area (Å²) in [4.78, 5) is 14.7. The van der Waals surface area contributed by atoms with Crippen LogP contribution < -0.4 is 0 Å². The van der Waals surface area contributed by atoms with Crippen molar-refractivity contribution in [3.63, 3.8) is 0 Å². The van der Waals surface area contributed by atoms with Crippen LogP contribution in [0.5, 0.6) is 0 Å². The molecule has 0 spiro atoms. The SMILES string of the molecule is Cc1cc(-c2cc(-c3cc(-c4ccccc4)cc(-c4ccccc4)n3)cc(-c3cc4ccccc4c4ccccc34)c2)nc(C)n1. The van der Waals surface area contributed by atoms with E-state index in [0.717, 1.165) is 62.0 Å². The Morgan fingerprint density at radius 3 is 1.59 bits per heavy atom. The Balaban J connectivity index is 1.42. The van der Waals surface area contributed by atoms with Gasteiger partial charge in [0.15, 0.2) is 0 Å². The Hall–Kier alpha value is -5.93. The summed E-state index contributed by atoms with van der Waals surface area (Å²) in [6.45, 7) is 3.98. The molecule has 2 heterocycles. The molecule has 46 heavy (non-hydrogen) atoms. The van der Waals surface area contributed by atoms with Gasteiger partial charge in [0, 0.05) is 22.4 Å². The van der Waals surface area contributed by atoms with E-state index in [4.69, 9.17) is 9.97 Å². The van der Waals surface area contributed by atoms with E-state index in [0.29, 0.717) is 0 Å². The van der Waals surface area contributed by atoms with Crippen LogP contribution in [0, 0.1) is 13.8 Å². The average Bonchev–Trinajstić information content (AvgIpc) is 3.11. The van der Waals surface area contributed by atoms with Crippen LogP contribution in [0.4, 0.5) is 0 Å². The van der Waals surface area contributed by atoms with E-state index >= 15 is 0 Å². The first-order valence-electron chi connectivity index (χ1n) is 15.6. The molecule has 218 valence electrons. The summed E-state index contributed by atoms with van der Waals surface area (Å²) in [5.74, 6) is 0.758. The van der Waals surface area contributed by atoms with Crippen LogP contribution in [0.1, 0.15) is 11.5 Å². The van der Waals surface area contributed by atoms with E-state index in [1.807, 2.05) is 19.9 Å². The van der Waals surface area contributed by atoms with Crippen LogP contribution in [0.25, 0.3) is 77.6 Å². The third kappa shape index (κ3) is 5.22. The van der Waals surface area contributed by atoms with Gasteiger partial charge in [-0.15, -0.1) is 0 Å². The minimum atomic E-state index is 0.758. The number of nitrogens with zero attached hydrogens (tertiary/aromatic N) is 3. The standard InChI is InChI=1S/C43H31N3/c1-28-21-41(45-29(2)44-28)35-22-34(40-25-32-17-9-10-18-37(32)38-19-11-12-20-39(38)40)23-36(24-35)43-27-33(30-13-5-3-6-14-30)26-42(46-43)31-15-7-4-8-16-31/h3-27H,1-2H3. The molecule has 0 atom stereocenters. The van der Waals surface area contributed by atoms with Crippen LogP contribution >= 0.6 is 0 Å². The van der Waals surface area contributed by atoms with Crippen LogP contribution in [0.3, 0.4) is 0 Å². The largest absolute Gasteiger partial charge is 0.248 e. The van der Waals surface area contributed by atoms with Crippen LogP contribution in [-0.2, 0) is 0 Å². The van der Waals surface area contributed by atoms with Gasteiger partial charge in [0.05, 0.1) is 17.1 Å². The zero-order valence-electron chi connectivity index (χ0n) is 25.8. The maximum atomic E-state index is 5.28. The van der Waals surface area contributed by atoms with Gasteiger partial charge in [-0.05, 0) is 100 Å². The van der Waals surface area contributed by atoms with Gasteiger partial charge in [0.25, 0.3) is 0 Å². The molecule has 3 heteroatoms. The second-order valence-electron chi connectivity index (χ2n) is 11.8. The van der Waals surface area contributed by atoms with Crippen molar-refractivity contribution in [2.45, 2.75) is 13.8 Å². The predicted octanol–water partition coefficient (Wildman–Crippen LogP) is 11.1. The topological polar surface area (TPSA) is 38.7 Å². The van der Waals surface area contributed by atoms with Crippen molar-refractivity contribution in [3.05, 3.63) is 163 Å². The second-order valence-corrected chi connectivity index (χ2v) is 11.8. The summed E-state index contributed by atoms with van der Waals surface area (Å²) in [6.07, 6.45) is 0. The lowest BCUT2D eigenvalue weighted by atomic mass is 9.90. The maximum absolute atomic E-state index is 5.28. The number of aromatic nitrogens is 3. The zero-order chi connectivity index (χ0) is 31.0. The molecule has 0 aliphatic rings. The highest BCUT2D eigenvalue weighted by Crippen LogP contribution is 2.39. The maximum Gasteiger partial charge on any atom is 0.126 e. The molecule has 2 aromatic heterocycles. The average molecular weight is 590 g/mol. The molecule has 0 bridgehead atoms. The molecule has 0 saturated carbocycles. The lowest BCUT2D eigenvalue weighted by Gasteiger charge is -2.16. The van der Waals surface area contributed by atoms with E-state index in [9.17, 15) is 0 Å². The monoisotopic (exact) mass is 589 g/mol. The van der Waals surface area contributed by atoms with Crippen LogP contribution in [0.2, 0.25) is 0 Å². The molecule has 0 amide bonds. The van der Waals surface area contributed by atoms with Crippen molar-refractivity contribution in [3.8, 4) is 56.0 Å². The van der Waals surface area contributed by atoms with E-state index in [1.54, 1.807) is 0 Å². The Bertz CT molecular complexity index is 2300. The Morgan fingerprint density at radius 2 is 0.891 bits per heavy atom. The van der Waals surface area contributed by atoms with Gasteiger partial charge < -0.3 is 0 Å². The van der Waals surface area contributed by atoms with Crippen molar-refractivity contribution in [2.75, 3.05) is 0 Å². The fourth-order valence-corrected chi connectivity index (χ4v) is 6.47. The van der Waals surface area contributed by atoms with Gasteiger partial charge in [-0.2, -0.15) is 0 Å². The summed E-state index contributed by atoms with van der Waals surface area (Å²) in [7, 11) is 0. The van der Waals surface area contributed by atoms with Crippen molar-refractivity contribution in [2.24, 2.45) is 0 Å². The third-order valence-electron chi connectivity index (χ3n) is 8.57. The minimum absolute atomic E-state index is 0.758. The fourth-order valence-electron chi connectivity index (χ4n) is 6.47. The number of aryl methyl sites for hydroxylation is 2. The van der Waals surface area contributed by atoms with Crippen molar-refractivity contribution in [1.82, 2.24) is 15.0 Å². The van der Waals surface area contributed by atoms with Crippen molar-refractivity contribution >= 4 is 21.5 Å². The molecule has 0 radical (unpaired) electrons. The van der Waals surface area contributed by atoms with Crippen molar-refractivity contribution in [1.29, 1.82) is 0 Å². The van der Waals surface area contributed by atoms with Gasteiger partial charge in [0.1, 0.15) is 5.82 Å². The molecule has 0 fully saturated rings. The summed E-state index contributed by atoms with van der Waals surface area (Å²) in [5.41, 5.74) is 11.4. The van der Waals surface area contributed by atoms with Gasteiger partial charge >= 0.3 is 0 Å². The Kier molecular flexibility index (Phi) is 6.92. The van der Waals surface area contributed by atoms with E-state index < -0.39 is 0 Å². The van der Waals surface area contributed by atoms with E-state index in [2.05, 4.69) is 151 Å². The highest BCUT2D eigenvalue weighted by atomic mass is 14.9. The number of benzene rings is 6. The molecule has 6 aromatic carbocycles. The summed E-state index contributed by atoms with van der Waals surface area (Å²) >= 11 is 0. The van der Waals surface area contributed by atoms with Crippen LogP contribution in [-0.4, -0.2) is 15.0 Å². The Morgan fingerprint density at radius 1 is 0.348 bits per heavy atom. The van der Waals surface area contributed by atoms with E-state index in [1.165, 1.54) is 27.1 Å². The third-order valence-corrected chi connectivity index (χ3v) is 8.57. The smallest absolute Gasteiger partial charge is 0.126 e. The molecular weight excluding hydrogens is 558 g/mol. The molecule has 0 saturated heterocycles. The lowest BCUT2D eigenvalue weighted by Crippen LogP contribution is -1.96. The zero-order valence-corrected chi connectivity index (χ0v) is 25.8. The normalized spacial score (nSPS) is 11.3. The molecule has 8 aromatic rings. The van der Waals surface area contributed by atoms with Gasteiger partial charge in [-0.1, -0.05) is 109 Å². The molecular formula is C43H31N3. The lowest BCUT2D eigenvalue weighted by molar-refractivity contribution is 1.02. The van der Waals surface area contributed by atoms with Crippen LogP contribution in [0.15, 0.2) is 152 Å². The number of rotatable bonds is 5. The Labute approximate surface area is 268 Å². The molecule has 0 N–H and O–H groups in total. The molecule has 3 nitrogen and oxygen atoms in total.